The maximum Gasteiger partial charge on any atom is 0.0722 e. The van der Waals surface area contributed by atoms with Crippen LogP contribution in [0, 0.1) is 5.92 Å². The minimum atomic E-state index is 0.316. The molecule has 1 heterocycles. The van der Waals surface area contributed by atoms with Crippen molar-refractivity contribution in [2.45, 2.75) is 19.3 Å². The first-order chi connectivity index (χ1) is 22.8. The van der Waals surface area contributed by atoms with Gasteiger partial charge < -0.3 is 0 Å². The second kappa shape index (κ2) is 11.1. The fourth-order valence-electron chi connectivity index (χ4n) is 7.73. The highest BCUT2D eigenvalue weighted by Crippen LogP contribution is 2.48. The van der Waals surface area contributed by atoms with Crippen LogP contribution < -0.4 is 0 Å². The lowest BCUT2D eigenvalue weighted by molar-refractivity contribution is 0.714. The molecule has 1 atom stereocenters. The number of hydrogen-bond acceptors (Lipinski definition) is 1. The summed E-state index contributed by atoms with van der Waals surface area (Å²) in [7, 11) is 0. The van der Waals surface area contributed by atoms with Crippen molar-refractivity contribution in [2.24, 2.45) is 5.92 Å². The Bertz CT molecular complexity index is 2390. The van der Waals surface area contributed by atoms with Crippen LogP contribution in [0.15, 0.2) is 157 Å². The lowest BCUT2D eigenvalue weighted by atomic mass is 9.72. The van der Waals surface area contributed by atoms with E-state index in [1.807, 2.05) is 0 Å². The van der Waals surface area contributed by atoms with Gasteiger partial charge in [0.05, 0.1) is 11.2 Å². The molecule has 218 valence electrons. The molecule has 0 radical (unpaired) electrons. The van der Waals surface area contributed by atoms with Gasteiger partial charge in [0.15, 0.2) is 0 Å². The minimum absolute atomic E-state index is 0.316. The van der Waals surface area contributed by atoms with E-state index in [0.717, 1.165) is 35.9 Å². The average molecular weight is 588 g/mol. The molecule has 6 aromatic carbocycles. The van der Waals surface area contributed by atoms with Crippen molar-refractivity contribution < 1.29 is 0 Å². The molecule has 7 aromatic rings. The summed E-state index contributed by atoms with van der Waals surface area (Å²) in [6.45, 7) is 0. The highest BCUT2D eigenvalue weighted by molar-refractivity contribution is 6.20. The Labute approximate surface area is 269 Å². The van der Waals surface area contributed by atoms with Crippen LogP contribution >= 0.6 is 0 Å². The molecule has 0 saturated heterocycles. The van der Waals surface area contributed by atoms with Gasteiger partial charge in [-0.1, -0.05) is 145 Å². The largest absolute Gasteiger partial charge is 0.248 e. The molecule has 1 aromatic heterocycles. The number of benzene rings is 6. The summed E-state index contributed by atoms with van der Waals surface area (Å²) >= 11 is 0. The zero-order chi connectivity index (χ0) is 30.5. The van der Waals surface area contributed by atoms with Crippen molar-refractivity contribution in [2.75, 3.05) is 0 Å². The van der Waals surface area contributed by atoms with Gasteiger partial charge in [-0.25, -0.2) is 4.98 Å². The first-order valence-electron chi connectivity index (χ1n) is 16.4. The summed E-state index contributed by atoms with van der Waals surface area (Å²) in [5.74, 6) is 0.316. The Morgan fingerprint density at radius 1 is 0.587 bits per heavy atom. The van der Waals surface area contributed by atoms with E-state index in [0.29, 0.717) is 5.92 Å². The van der Waals surface area contributed by atoms with E-state index in [4.69, 9.17) is 4.98 Å². The molecular weight excluding hydrogens is 555 g/mol. The van der Waals surface area contributed by atoms with Gasteiger partial charge >= 0.3 is 0 Å². The quantitative estimate of drug-likeness (QED) is 0.187. The lowest BCUT2D eigenvalue weighted by Crippen LogP contribution is -2.16. The van der Waals surface area contributed by atoms with Crippen LogP contribution in [0.2, 0.25) is 0 Å². The average Bonchev–Trinajstić information content (AvgIpc) is 3.13. The number of nitrogens with zero attached hydrogens (tertiary/aromatic N) is 1. The molecule has 0 spiro atoms. The highest BCUT2D eigenvalue weighted by Gasteiger charge is 2.29. The summed E-state index contributed by atoms with van der Waals surface area (Å²) < 4.78 is 0. The van der Waals surface area contributed by atoms with Crippen LogP contribution in [0.1, 0.15) is 29.5 Å². The van der Waals surface area contributed by atoms with Gasteiger partial charge in [0, 0.05) is 16.9 Å². The third-order valence-corrected chi connectivity index (χ3v) is 9.93. The molecule has 9 rings (SSSR count). The zero-order valence-electron chi connectivity index (χ0n) is 25.7. The Hall–Kier alpha value is -5.53. The molecule has 2 aliphatic rings. The number of fused-ring (bicyclic) bond motifs is 4. The van der Waals surface area contributed by atoms with Crippen LogP contribution in [0.25, 0.3) is 66.5 Å². The first-order valence-corrected chi connectivity index (χ1v) is 16.4. The van der Waals surface area contributed by atoms with E-state index in [1.165, 1.54) is 66.1 Å². The molecule has 0 bridgehead atoms. The predicted molar refractivity (Wildman–Crippen MR) is 196 cm³/mol. The van der Waals surface area contributed by atoms with Crippen LogP contribution in [-0.2, 0) is 6.42 Å². The fourth-order valence-corrected chi connectivity index (χ4v) is 7.73. The third kappa shape index (κ3) is 4.51. The van der Waals surface area contributed by atoms with E-state index >= 15 is 0 Å². The summed E-state index contributed by atoms with van der Waals surface area (Å²) in [5.41, 5.74) is 12.8. The Morgan fingerprint density at radius 3 is 2.22 bits per heavy atom. The van der Waals surface area contributed by atoms with E-state index in [2.05, 4.69) is 158 Å². The summed E-state index contributed by atoms with van der Waals surface area (Å²) in [5, 5.41) is 6.22. The molecular formula is C45H33N. The molecule has 1 heteroatoms. The maximum atomic E-state index is 5.26. The summed E-state index contributed by atoms with van der Waals surface area (Å²) in [4.78, 5) is 5.26. The minimum Gasteiger partial charge on any atom is -0.248 e. The smallest absolute Gasteiger partial charge is 0.0722 e. The molecule has 0 amide bonds. The number of pyridine rings is 1. The van der Waals surface area contributed by atoms with Gasteiger partial charge in [-0.3, -0.25) is 0 Å². The monoisotopic (exact) mass is 587 g/mol. The fraction of sp³-hybridized carbons (Fsp3) is 0.0889. The molecule has 1 nitrogen and oxygen atoms in total. The lowest BCUT2D eigenvalue weighted by Gasteiger charge is -2.31. The predicted octanol–water partition coefficient (Wildman–Crippen LogP) is 11.9. The van der Waals surface area contributed by atoms with Gasteiger partial charge in [-0.15, -0.1) is 0 Å². The highest BCUT2D eigenvalue weighted by atomic mass is 14.7. The summed E-state index contributed by atoms with van der Waals surface area (Å²) in [6, 6.07) is 48.6. The topological polar surface area (TPSA) is 12.9 Å². The van der Waals surface area contributed by atoms with Gasteiger partial charge in [0.2, 0.25) is 0 Å². The molecule has 0 saturated carbocycles. The number of rotatable bonds is 4. The van der Waals surface area contributed by atoms with Crippen molar-refractivity contribution in [1.82, 2.24) is 4.98 Å². The standard InChI is InChI=1S/C45H33N/c1-3-13-30(14-4-1)35-23-25-38-40(29-35)44(41-28-34-19-8-7-18-33(34)27-39(41)31-15-5-2-6-16-31)36-20-10-11-21-37(36)45(38)43-26-24-32-17-9-12-22-42(32)46-43/h1-5,7-15,17-26,28-29,39H,6,16,27H2. The maximum absolute atomic E-state index is 5.26. The van der Waals surface area contributed by atoms with E-state index in [-0.39, 0.29) is 0 Å². The molecule has 46 heavy (non-hydrogen) atoms. The SMILES string of the molecule is C1=CCCC(C2Cc3ccccc3C=C2c2c3ccccc3c(-c3ccc4ccccc4n3)c3ccc(-c4ccccc4)cc23)=C1. The molecule has 0 fully saturated rings. The second-order valence-electron chi connectivity index (χ2n) is 12.6. The Morgan fingerprint density at radius 2 is 1.35 bits per heavy atom. The van der Waals surface area contributed by atoms with Crippen molar-refractivity contribution in [3.8, 4) is 22.4 Å². The van der Waals surface area contributed by atoms with E-state index in [1.54, 1.807) is 0 Å². The van der Waals surface area contributed by atoms with Gasteiger partial charge in [-0.2, -0.15) is 0 Å². The first kappa shape index (κ1) is 26.8. The number of hydrogen-bond donors (Lipinski definition) is 0. The van der Waals surface area contributed by atoms with Crippen LogP contribution in [0.4, 0.5) is 0 Å². The summed E-state index contributed by atoms with van der Waals surface area (Å²) in [6.07, 6.45) is 12.6. The third-order valence-electron chi connectivity index (χ3n) is 9.93. The second-order valence-corrected chi connectivity index (χ2v) is 12.6. The molecule has 0 N–H and O–H groups in total. The Kier molecular flexibility index (Phi) is 6.49. The van der Waals surface area contributed by atoms with Crippen LogP contribution in [-0.4, -0.2) is 4.98 Å². The van der Waals surface area contributed by atoms with Gasteiger partial charge in [0.1, 0.15) is 0 Å². The van der Waals surface area contributed by atoms with E-state index < -0.39 is 0 Å². The zero-order valence-corrected chi connectivity index (χ0v) is 25.7. The molecule has 2 aliphatic carbocycles. The van der Waals surface area contributed by atoms with Crippen LogP contribution in [0.3, 0.4) is 0 Å². The van der Waals surface area contributed by atoms with E-state index in [9.17, 15) is 0 Å². The Balaban J connectivity index is 1.40. The van der Waals surface area contributed by atoms with Crippen molar-refractivity contribution >= 4 is 44.1 Å². The van der Waals surface area contributed by atoms with Gasteiger partial charge in [0.25, 0.3) is 0 Å². The van der Waals surface area contributed by atoms with Crippen molar-refractivity contribution in [3.63, 3.8) is 0 Å². The number of para-hydroxylation sites is 1. The van der Waals surface area contributed by atoms with Gasteiger partial charge in [-0.05, 0) is 92.4 Å². The van der Waals surface area contributed by atoms with Crippen molar-refractivity contribution in [1.29, 1.82) is 0 Å². The number of allylic oxidation sites excluding steroid dienone is 5. The normalized spacial score (nSPS) is 16.0. The van der Waals surface area contributed by atoms with Crippen LogP contribution in [0.5, 0.6) is 0 Å². The number of aromatic nitrogens is 1. The van der Waals surface area contributed by atoms with Crippen molar-refractivity contribution in [3.05, 3.63) is 174 Å². The molecule has 1 unspecified atom stereocenters. The molecule has 0 aliphatic heterocycles.